The summed E-state index contributed by atoms with van der Waals surface area (Å²) in [5.41, 5.74) is 1.01. The first-order valence-electron chi connectivity index (χ1n) is 5.63. The van der Waals surface area contributed by atoms with Crippen molar-refractivity contribution in [2.24, 2.45) is 0 Å². The van der Waals surface area contributed by atoms with Gasteiger partial charge in [-0.1, -0.05) is 36.2 Å². The second-order valence-electron chi connectivity index (χ2n) is 4.00. The Balaban J connectivity index is 2.40. The summed E-state index contributed by atoms with van der Waals surface area (Å²) in [7, 11) is -3.89. The molecular formula is C12H11Cl2NO3S2. The van der Waals surface area contributed by atoms with Gasteiger partial charge in [0.05, 0.1) is 10.0 Å². The van der Waals surface area contributed by atoms with Crippen molar-refractivity contribution in [1.82, 2.24) is 0 Å². The highest BCUT2D eigenvalue weighted by Crippen LogP contribution is 2.36. The lowest BCUT2D eigenvalue weighted by molar-refractivity contribution is 0.477. The van der Waals surface area contributed by atoms with Crippen molar-refractivity contribution in [3.8, 4) is 5.75 Å². The lowest BCUT2D eigenvalue weighted by atomic mass is 10.1. The van der Waals surface area contributed by atoms with Crippen LogP contribution in [0.1, 0.15) is 12.5 Å². The number of halogens is 2. The molecule has 0 bridgehead atoms. The van der Waals surface area contributed by atoms with Crippen molar-refractivity contribution in [1.29, 1.82) is 0 Å². The van der Waals surface area contributed by atoms with Crippen LogP contribution in [0.5, 0.6) is 5.75 Å². The van der Waals surface area contributed by atoms with E-state index in [1.807, 2.05) is 6.92 Å². The van der Waals surface area contributed by atoms with Crippen molar-refractivity contribution < 1.29 is 13.5 Å². The van der Waals surface area contributed by atoms with E-state index in [1.165, 1.54) is 12.1 Å². The van der Waals surface area contributed by atoms with Gasteiger partial charge in [0.15, 0.2) is 0 Å². The van der Waals surface area contributed by atoms with Crippen molar-refractivity contribution in [3.63, 3.8) is 0 Å². The minimum absolute atomic E-state index is 0.0774. The van der Waals surface area contributed by atoms with Gasteiger partial charge >= 0.3 is 0 Å². The molecule has 0 aliphatic heterocycles. The SMILES string of the molecule is CCc1ccc(O)c(NS(=O)(=O)c2cc(Cl)sc2Cl)c1. The van der Waals surface area contributed by atoms with Crippen molar-refractivity contribution in [2.75, 3.05) is 4.72 Å². The van der Waals surface area contributed by atoms with Crippen LogP contribution in [0.2, 0.25) is 8.67 Å². The summed E-state index contributed by atoms with van der Waals surface area (Å²) in [6.07, 6.45) is 0.722. The van der Waals surface area contributed by atoms with Gasteiger partial charge in [0.25, 0.3) is 10.0 Å². The third-order valence-electron chi connectivity index (χ3n) is 2.63. The molecule has 0 radical (unpaired) electrons. The molecule has 0 aliphatic carbocycles. The lowest BCUT2D eigenvalue weighted by Crippen LogP contribution is -2.12. The van der Waals surface area contributed by atoms with E-state index in [0.717, 1.165) is 23.3 Å². The molecule has 2 N–H and O–H groups in total. The molecule has 1 heterocycles. The third kappa shape index (κ3) is 3.20. The molecule has 0 unspecified atom stereocenters. The first-order chi connectivity index (χ1) is 9.33. The average molecular weight is 352 g/mol. The van der Waals surface area contributed by atoms with Gasteiger partial charge in [0.1, 0.15) is 15.0 Å². The number of phenolic OH excluding ortho intramolecular Hbond substituents is 1. The smallest absolute Gasteiger partial charge is 0.264 e. The molecular weight excluding hydrogens is 341 g/mol. The van der Waals surface area contributed by atoms with Crippen LogP contribution in [-0.4, -0.2) is 13.5 Å². The number of aryl methyl sites for hydroxylation is 1. The number of phenols is 1. The van der Waals surface area contributed by atoms with Gasteiger partial charge in [-0.05, 0) is 30.2 Å². The average Bonchev–Trinajstić information content (AvgIpc) is 2.72. The van der Waals surface area contributed by atoms with Gasteiger partial charge < -0.3 is 5.11 Å². The molecule has 2 rings (SSSR count). The number of aromatic hydroxyl groups is 1. The molecule has 0 atom stereocenters. The second kappa shape index (κ2) is 5.81. The largest absolute Gasteiger partial charge is 0.506 e. The van der Waals surface area contributed by atoms with Crippen LogP contribution >= 0.6 is 34.5 Å². The van der Waals surface area contributed by atoms with Crippen LogP contribution in [0.3, 0.4) is 0 Å². The fourth-order valence-electron chi connectivity index (χ4n) is 1.59. The summed E-state index contributed by atoms with van der Waals surface area (Å²) in [6.45, 7) is 1.93. The van der Waals surface area contributed by atoms with E-state index in [1.54, 1.807) is 12.1 Å². The van der Waals surface area contributed by atoms with E-state index < -0.39 is 10.0 Å². The normalized spacial score (nSPS) is 11.6. The summed E-state index contributed by atoms with van der Waals surface area (Å²) >= 11 is 12.6. The number of rotatable bonds is 4. The molecule has 0 spiro atoms. The van der Waals surface area contributed by atoms with E-state index >= 15 is 0 Å². The monoisotopic (exact) mass is 351 g/mol. The highest BCUT2D eigenvalue weighted by atomic mass is 35.5. The fourth-order valence-corrected chi connectivity index (χ4v) is 4.81. The molecule has 20 heavy (non-hydrogen) atoms. The highest BCUT2D eigenvalue weighted by molar-refractivity contribution is 7.93. The predicted molar refractivity (Wildman–Crippen MR) is 82.6 cm³/mol. The number of thiophene rings is 1. The first-order valence-corrected chi connectivity index (χ1v) is 8.68. The van der Waals surface area contributed by atoms with Crippen molar-refractivity contribution >= 4 is 50.2 Å². The molecule has 0 aliphatic rings. The Bertz CT molecular complexity index is 741. The Morgan fingerprint density at radius 3 is 2.55 bits per heavy atom. The van der Waals surface area contributed by atoms with Crippen LogP contribution in [0.4, 0.5) is 5.69 Å². The maximum atomic E-state index is 12.2. The van der Waals surface area contributed by atoms with E-state index in [-0.39, 0.29) is 25.0 Å². The maximum Gasteiger partial charge on any atom is 0.264 e. The van der Waals surface area contributed by atoms with Gasteiger partial charge in [-0.15, -0.1) is 11.3 Å². The number of nitrogens with one attached hydrogen (secondary N) is 1. The molecule has 0 amide bonds. The fraction of sp³-hybridized carbons (Fsp3) is 0.167. The van der Waals surface area contributed by atoms with E-state index in [0.29, 0.717) is 0 Å². The number of sulfonamides is 1. The molecule has 108 valence electrons. The van der Waals surface area contributed by atoms with Gasteiger partial charge in [-0.3, -0.25) is 4.72 Å². The number of anilines is 1. The Kier molecular flexibility index (Phi) is 4.49. The molecule has 2 aromatic rings. The molecule has 8 heteroatoms. The van der Waals surface area contributed by atoms with Crippen LogP contribution in [-0.2, 0) is 16.4 Å². The molecule has 0 saturated carbocycles. The quantitative estimate of drug-likeness (QED) is 0.814. The zero-order valence-electron chi connectivity index (χ0n) is 10.4. The third-order valence-corrected chi connectivity index (χ3v) is 5.75. The zero-order valence-corrected chi connectivity index (χ0v) is 13.5. The van der Waals surface area contributed by atoms with Crippen molar-refractivity contribution in [3.05, 3.63) is 38.5 Å². The first kappa shape index (κ1) is 15.4. The standard InChI is InChI=1S/C12H11Cl2NO3S2/c1-2-7-3-4-9(16)8(5-7)15-20(17,18)10-6-11(13)19-12(10)14/h3-6,15-16H,2H2,1H3. The Hall–Kier alpha value is -0.950. The van der Waals surface area contributed by atoms with Crippen LogP contribution < -0.4 is 4.72 Å². The second-order valence-corrected chi connectivity index (χ2v) is 7.94. The topological polar surface area (TPSA) is 66.4 Å². The minimum Gasteiger partial charge on any atom is -0.506 e. The molecule has 0 fully saturated rings. The molecule has 1 aromatic carbocycles. The molecule has 4 nitrogen and oxygen atoms in total. The van der Waals surface area contributed by atoms with E-state index in [2.05, 4.69) is 4.72 Å². The molecule has 0 saturated heterocycles. The van der Waals surface area contributed by atoms with Gasteiger partial charge in [0, 0.05) is 0 Å². The Morgan fingerprint density at radius 1 is 1.30 bits per heavy atom. The number of hydrogen-bond donors (Lipinski definition) is 2. The lowest BCUT2D eigenvalue weighted by Gasteiger charge is -2.10. The van der Waals surface area contributed by atoms with Gasteiger partial charge in [0.2, 0.25) is 0 Å². The highest BCUT2D eigenvalue weighted by Gasteiger charge is 2.22. The van der Waals surface area contributed by atoms with Gasteiger partial charge in [-0.2, -0.15) is 0 Å². The van der Waals surface area contributed by atoms with E-state index in [4.69, 9.17) is 23.2 Å². The van der Waals surface area contributed by atoms with Crippen LogP contribution in [0.25, 0.3) is 0 Å². The summed E-state index contributed by atoms with van der Waals surface area (Å²) in [6, 6.07) is 6.02. The Labute approximate surface area is 131 Å². The number of hydrogen-bond acceptors (Lipinski definition) is 4. The summed E-state index contributed by atoms with van der Waals surface area (Å²) in [4.78, 5) is -0.101. The zero-order chi connectivity index (χ0) is 14.9. The summed E-state index contributed by atoms with van der Waals surface area (Å²) in [5.74, 6) is -0.150. The summed E-state index contributed by atoms with van der Waals surface area (Å²) < 4.78 is 27.1. The predicted octanol–water partition coefficient (Wildman–Crippen LogP) is 4.12. The van der Waals surface area contributed by atoms with Gasteiger partial charge in [-0.25, -0.2) is 8.42 Å². The maximum absolute atomic E-state index is 12.2. The minimum atomic E-state index is -3.89. The van der Waals surface area contributed by atoms with Crippen LogP contribution in [0, 0.1) is 0 Å². The number of benzene rings is 1. The van der Waals surface area contributed by atoms with Crippen molar-refractivity contribution in [2.45, 2.75) is 18.2 Å². The Morgan fingerprint density at radius 2 is 2.00 bits per heavy atom. The van der Waals surface area contributed by atoms with E-state index in [9.17, 15) is 13.5 Å². The van der Waals surface area contributed by atoms with Crippen LogP contribution in [0.15, 0.2) is 29.2 Å². The molecule has 1 aromatic heterocycles. The summed E-state index contributed by atoms with van der Waals surface area (Å²) in [5, 5.41) is 9.73.